The summed E-state index contributed by atoms with van der Waals surface area (Å²) < 4.78 is 11.9. The lowest BCUT2D eigenvalue weighted by molar-refractivity contribution is -0.130. The van der Waals surface area contributed by atoms with E-state index in [0.717, 1.165) is 28.6 Å². The second kappa shape index (κ2) is 6.53. The number of carbonyl (C=O) groups excluding carboxylic acids is 1. The van der Waals surface area contributed by atoms with Gasteiger partial charge in [-0.3, -0.25) is 4.79 Å². The summed E-state index contributed by atoms with van der Waals surface area (Å²) in [5.41, 5.74) is 0.909. The number of rotatable bonds is 7. The lowest BCUT2D eigenvalue weighted by atomic mass is 10.0. The number of Topliss-reactive ketones (excluding diaryl/α,β-unsaturated/α-hetero) is 1. The third-order valence-electron chi connectivity index (χ3n) is 3.32. The van der Waals surface area contributed by atoms with Crippen molar-refractivity contribution in [2.24, 2.45) is 5.92 Å². The Balaban J connectivity index is 2.10. The van der Waals surface area contributed by atoms with Gasteiger partial charge in [0, 0.05) is 23.1 Å². The van der Waals surface area contributed by atoms with E-state index in [1.165, 1.54) is 0 Å². The molecule has 19 heavy (non-hydrogen) atoms. The number of benzene rings is 1. The first-order valence-corrected chi connectivity index (χ1v) is 7.41. The Kier molecular flexibility index (Phi) is 4.99. The maximum atomic E-state index is 12.4. The van der Waals surface area contributed by atoms with Gasteiger partial charge in [0.15, 0.2) is 5.78 Å². The van der Waals surface area contributed by atoms with Crippen LogP contribution in [0.5, 0.6) is 5.75 Å². The summed E-state index contributed by atoms with van der Waals surface area (Å²) in [4.78, 5) is 12.4. The van der Waals surface area contributed by atoms with Crippen LogP contribution in [-0.4, -0.2) is 25.6 Å². The van der Waals surface area contributed by atoms with Crippen molar-refractivity contribution in [3.05, 3.63) is 28.2 Å². The van der Waals surface area contributed by atoms with Gasteiger partial charge in [0.1, 0.15) is 11.9 Å². The van der Waals surface area contributed by atoms with Crippen LogP contribution in [0.4, 0.5) is 0 Å². The molecule has 0 radical (unpaired) electrons. The van der Waals surface area contributed by atoms with Gasteiger partial charge in [-0.25, -0.2) is 0 Å². The minimum atomic E-state index is -0.242. The summed E-state index contributed by atoms with van der Waals surface area (Å²) >= 11 is 3.43. The molecule has 1 atom stereocenters. The molecule has 0 aliphatic heterocycles. The van der Waals surface area contributed by atoms with Gasteiger partial charge < -0.3 is 9.47 Å². The molecule has 1 unspecified atom stereocenters. The van der Waals surface area contributed by atoms with Crippen molar-refractivity contribution in [1.29, 1.82) is 0 Å². The fourth-order valence-corrected chi connectivity index (χ4v) is 2.65. The molecule has 0 aromatic heterocycles. The maximum absolute atomic E-state index is 12.4. The van der Waals surface area contributed by atoms with Gasteiger partial charge in [-0.1, -0.05) is 15.9 Å². The van der Waals surface area contributed by atoms with E-state index in [-0.39, 0.29) is 11.9 Å². The van der Waals surface area contributed by atoms with Crippen LogP contribution < -0.4 is 4.74 Å². The first-order chi connectivity index (χ1) is 9.15. The Morgan fingerprint density at radius 2 is 2.21 bits per heavy atom. The Labute approximate surface area is 122 Å². The number of carbonyl (C=O) groups is 1. The van der Waals surface area contributed by atoms with Gasteiger partial charge in [-0.2, -0.15) is 0 Å². The average Bonchev–Trinajstić information content (AvgIpc) is 3.20. The Bertz CT molecular complexity index is 455. The number of halogens is 1. The molecule has 1 fully saturated rings. The van der Waals surface area contributed by atoms with E-state index in [9.17, 15) is 4.79 Å². The number of ketones is 1. The van der Waals surface area contributed by atoms with Crippen molar-refractivity contribution >= 4 is 21.7 Å². The fraction of sp³-hybridized carbons (Fsp3) is 0.533. The van der Waals surface area contributed by atoms with Crippen molar-refractivity contribution in [2.75, 3.05) is 13.7 Å². The number of methoxy groups -OCH3 is 1. The molecule has 0 N–H and O–H groups in total. The van der Waals surface area contributed by atoms with E-state index >= 15 is 0 Å². The zero-order chi connectivity index (χ0) is 13.8. The first-order valence-electron chi connectivity index (χ1n) is 6.62. The zero-order valence-electron chi connectivity index (χ0n) is 11.3. The van der Waals surface area contributed by atoms with Crippen molar-refractivity contribution < 1.29 is 14.3 Å². The van der Waals surface area contributed by atoms with E-state index in [1.807, 2.05) is 25.1 Å². The molecule has 1 aliphatic carbocycles. The molecule has 1 aromatic rings. The van der Waals surface area contributed by atoms with Gasteiger partial charge in [-0.15, -0.1) is 0 Å². The molecule has 0 heterocycles. The molecule has 0 saturated heterocycles. The molecule has 104 valence electrons. The molecule has 3 nitrogen and oxygen atoms in total. The highest BCUT2D eigenvalue weighted by Gasteiger charge is 2.36. The van der Waals surface area contributed by atoms with Crippen LogP contribution in [0.1, 0.15) is 25.3 Å². The van der Waals surface area contributed by atoms with Crippen LogP contribution >= 0.6 is 15.9 Å². The molecule has 0 amide bonds. The second-order valence-electron chi connectivity index (χ2n) is 4.81. The van der Waals surface area contributed by atoms with Crippen LogP contribution in [0.15, 0.2) is 22.7 Å². The van der Waals surface area contributed by atoms with Crippen molar-refractivity contribution in [3.8, 4) is 5.75 Å². The van der Waals surface area contributed by atoms with Crippen LogP contribution in [0, 0.1) is 5.92 Å². The Hall–Kier alpha value is -0.870. The predicted molar refractivity (Wildman–Crippen MR) is 77.5 cm³/mol. The summed E-state index contributed by atoms with van der Waals surface area (Å²) in [6.45, 7) is 2.52. The van der Waals surface area contributed by atoms with Gasteiger partial charge in [0.2, 0.25) is 0 Å². The largest absolute Gasteiger partial charge is 0.496 e. The molecule has 1 aromatic carbocycles. The lowest BCUT2D eigenvalue weighted by Gasteiger charge is -2.16. The highest BCUT2D eigenvalue weighted by Crippen LogP contribution is 2.35. The summed E-state index contributed by atoms with van der Waals surface area (Å²) in [5.74, 6) is 1.33. The van der Waals surface area contributed by atoms with Crippen LogP contribution in [-0.2, 0) is 16.0 Å². The van der Waals surface area contributed by atoms with Crippen molar-refractivity contribution in [3.63, 3.8) is 0 Å². The minimum Gasteiger partial charge on any atom is -0.496 e. The second-order valence-corrected chi connectivity index (χ2v) is 5.73. The Morgan fingerprint density at radius 1 is 1.47 bits per heavy atom. The zero-order valence-corrected chi connectivity index (χ0v) is 12.9. The number of hydrogen-bond donors (Lipinski definition) is 0. The molecular formula is C15H19BrO3. The number of ether oxygens (including phenoxy) is 2. The van der Waals surface area contributed by atoms with Crippen molar-refractivity contribution in [2.45, 2.75) is 32.3 Å². The van der Waals surface area contributed by atoms with Crippen LogP contribution in [0.2, 0.25) is 0 Å². The van der Waals surface area contributed by atoms with E-state index in [1.54, 1.807) is 7.11 Å². The molecule has 4 heteroatoms. The third kappa shape index (κ3) is 3.80. The van der Waals surface area contributed by atoms with E-state index in [4.69, 9.17) is 9.47 Å². The van der Waals surface area contributed by atoms with Gasteiger partial charge in [-0.05, 0) is 43.9 Å². The van der Waals surface area contributed by atoms with Gasteiger partial charge in [0.25, 0.3) is 0 Å². The SMILES string of the molecule is CCOC(C(=O)Cc1cc(Br)ccc1OC)C1CC1. The lowest BCUT2D eigenvalue weighted by Crippen LogP contribution is -2.28. The molecule has 1 saturated carbocycles. The van der Waals surface area contributed by atoms with Gasteiger partial charge in [0.05, 0.1) is 7.11 Å². The van der Waals surface area contributed by atoms with Crippen LogP contribution in [0.25, 0.3) is 0 Å². The maximum Gasteiger partial charge on any atom is 0.166 e. The minimum absolute atomic E-state index is 0.153. The Morgan fingerprint density at radius 3 is 2.79 bits per heavy atom. The molecular weight excluding hydrogens is 308 g/mol. The van der Waals surface area contributed by atoms with Crippen LogP contribution in [0.3, 0.4) is 0 Å². The highest BCUT2D eigenvalue weighted by atomic mass is 79.9. The fourth-order valence-electron chi connectivity index (χ4n) is 2.24. The quantitative estimate of drug-likeness (QED) is 0.770. The van der Waals surface area contributed by atoms with Crippen molar-refractivity contribution in [1.82, 2.24) is 0 Å². The third-order valence-corrected chi connectivity index (χ3v) is 3.81. The standard InChI is InChI=1S/C15H19BrO3/c1-3-19-15(10-4-5-10)13(17)9-11-8-12(16)6-7-14(11)18-2/h6-8,10,15H,3-5,9H2,1-2H3. The number of hydrogen-bond acceptors (Lipinski definition) is 3. The first kappa shape index (κ1) is 14.5. The smallest absolute Gasteiger partial charge is 0.166 e. The summed E-state index contributed by atoms with van der Waals surface area (Å²) in [7, 11) is 1.62. The highest BCUT2D eigenvalue weighted by molar-refractivity contribution is 9.10. The molecule has 0 spiro atoms. The van der Waals surface area contributed by atoms with Gasteiger partial charge >= 0.3 is 0 Å². The van der Waals surface area contributed by atoms with E-state index < -0.39 is 0 Å². The predicted octanol–water partition coefficient (Wildman–Crippen LogP) is 3.38. The summed E-state index contributed by atoms with van der Waals surface area (Å²) in [6, 6.07) is 5.72. The average molecular weight is 327 g/mol. The molecule has 0 bridgehead atoms. The molecule has 1 aliphatic rings. The molecule has 2 rings (SSSR count). The summed E-state index contributed by atoms with van der Waals surface area (Å²) in [5, 5.41) is 0. The monoisotopic (exact) mass is 326 g/mol. The normalized spacial score (nSPS) is 16.2. The topological polar surface area (TPSA) is 35.5 Å². The van der Waals surface area contributed by atoms with E-state index in [2.05, 4.69) is 15.9 Å². The van der Waals surface area contributed by atoms with E-state index in [0.29, 0.717) is 18.9 Å². The summed E-state index contributed by atoms with van der Waals surface area (Å²) in [6.07, 6.45) is 2.33.